The minimum absolute atomic E-state index is 0.411. The number of rotatable bonds is 3. The minimum Gasteiger partial charge on any atom is -0.496 e. The summed E-state index contributed by atoms with van der Waals surface area (Å²) in [5.74, 6) is 0.680. The van der Waals surface area contributed by atoms with Crippen LogP contribution in [-0.4, -0.2) is 13.1 Å². The van der Waals surface area contributed by atoms with E-state index in [0.29, 0.717) is 17.1 Å². The van der Waals surface area contributed by atoms with Crippen molar-refractivity contribution in [1.82, 2.24) is 0 Å². The smallest absolute Gasteiger partial charge is 0.347 e. The topological polar surface area (TPSA) is 35.5 Å². The molecule has 19 heavy (non-hydrogen) atoms. The normalized spacial score (nSPS) is 10.1. The third-order valence-electron chi connectivity index (χ3n) is 3.08. The summed E-state index contributed by atoms with van der Waals surface area (Å²) in [5, 5.41) is 0. The molecule has 2 rings (SSSR count). The van der Waals surface area contributed by atoms with Gasteiger partial charge in [-0.3, -0.25) is 0 Å². The molecule has 2 aromatic rings. The summed E-state index contributed by atoms with van der Waals surface area (Å²) in [6.45, 7) is 3.91. The lowest BCUT2D eigenvalue weighted by molar-refractivity contribution is 0.0730. The highest BCUT2D eigenvalue weighted by molar-refractivity contribution is 5.94. The average Bonchev–Trinajstić information content (AvgIpc) is 2.43. The average molecular weight is 256 g/mol. The number of ether oxygens (including phenoxy) is 2. The highest BCUT2D eigenvalue weighted by Crippen LogP contribution is 2.24. The molecule has 0 amide bonds. The van der Waals surface area contributed by atoms with E-state index >= 15 is 0 Å². The van der Waals surface area contributed by atoms with Crippen molar-refractivity contribution in [2.24, 2.45) is 0 Å². The molecule has 0 atom stereocenters. The molecule has 0 heterocycles. The van der Waals surface area contributed by atoms with E-state index in [1.165, 1.54) is 7.11 Å². The molecule has 0 aliphatic carbocycles. The van der Waals surface area contributed by atoms with Gasteiger partial charge in [0.2, 0.25) is 0 Å². The zero-order valence-corrected chi connectivity index (χ0v) is 11.3. The first-order valence-electron chi connectivity index (χ1n) is 6.05. The Labute approximate surface area is 112 Å². The van der Waals surface area contributed by atoms with E-state index in [0.717, 1.165) is 11.1 Å². The van der Waals surface area contributed by atoms with Gasteiger partial charge in [0.1, 0.15) is 17.1 Å². The number of benzene rings is 2. The van der Waals surface area contributed by atoms with Gasteiger partial charge in [-0.1, -0.05) is 24.3 Å². The highest BCUT2D eigenvalue weighted by atomic mass is 16.5. The quantitative estimate of drug-likeness (QED) is 0.622. The van der Waals surface area contributed by atoms with Gasteiger partial charge in [0, 0.05) is 0 Å². The van der Waals surface area contributed by atoms with Gasteiger partial charge in [-0.25, -0.2) is 4.79 Å². The van der Waals surface area contributed by atoms with Crippen LogP contribution in [0.1, 0.15) is 21.5 Å². The van der Waals surface area contributed by atoms with Crippen molar-refractivity contribution in [2.75, 3.05) is 7.11 Å². The van der Waals surface area contributed by atoms with Crippen LogP contribution in [0.15, 0.2) is 42.5 Å². The summed E-state index contributed by atoms with van der Waals surface area (Å²) < 4.78 is 10.6. The van der Waals surface area contributed by atoms with Crippen molar-refractivity contribution in [1.29, 1.82) is 0 Å². The maximum absolute atomic E-state index is 12.2. The molecule has 2 aromatic carbocycles. The fraction of sp³-hybridized carbons (Fsp3) is 0.188. The van der Waals surface area contributed by atoms with Crippen LogP contribution in [-0.2, 0) is 0 Å². The molecule has 0 aliphatic rings. The lowest BCUT2D eigenvalue weighted by atomic mass is 10.1. The number of carbonyl (C=O) groups excluding carboxylic acids is 1. The van der Waals surface area contributed by atoms with Crippen LogP contribution >= 0.6 is 0 Å². The van der Waals surface area contributed by atoms with Gasteiger partial charge in [0.05, 0.1) is 7.11 Å². The van der Waals surface area contributed by atoms with E-state index < -0.39 is 5.97 Å². The van der Waals surface area contributed by atoms with E-state index in [1.54, 1.807) is 24.3 Å². The minimum atomic E-state index is -0.411. The molecule has 0 unspecified atom stereocenters. The van der Waals surface area contributed by atoms with Crippen LogP contribution in [0.5, 0.6) is 11.5 Å². The number of para-hydroxylation sites is 1. The second-order valence-corrected chi connectivity index (χ2v) is 4.29. The Morgan fingerprint density at radius 2 is 1.63 bits per heavy atom. The van der Waals surface area contributed by atoms with E-state index in [9.17, 15) is 4.79 Å². The van der Waals surface area contributed by atoms with Crippen molar-refractivity contribution in [3.63, 3.8) is 0 Å². The number of methoxy groups -OCH3 is 1. The molecule has 0 N–H and O–H groups in total. The fourth-order valence-electron chi connectivity index (χ4n) is 1.80. The molecule has 0 saturated carbocycles. The Balaban J connectivity index is 2.28. The number of hydrogen-bond donors (Lipinski definition) is 0. The summed E-state index contributed by atoms with van der Waals surface area (Å²) >= 11 is 0. The van der Waals surface area contributed by atoms with Crippen molar-refractivity contribution >= 4 is 5.97 Å². The molecular weight excluding hydrogens is 240 g/mol. The standard InChI is InChI=1S/C16H16O3/c1-11-7-6-10-14(12(11)2)19-16(17)13-8-4-5-9-15(13)18-3/h4-10H,1-3H3. The monoisotopic (exact) mass is 256 g/mol. The summed E-state index contributed by atoms with van der Waals surface area (Å²) in [4.78, 5) is 12.2. The molecule has 0 aliphatic heterocycles. The third-order valence-corrected chi connectivity index (χ3v) is 3.08. The zero-order valence-electron chi connectivity index (χ0n) is 11.3. The summed E-state index contributed by atoms with van der Waals surface area (Å²) in [5.41, 5.74) is 2.47. The number of aryl methyl sites for hydroxylation is 1. The molecule has 0 fully saturated rings. The van der Waals surface area contributed by atoms with Crippen LogP contribution in [0.3, 0.4) is 0 Å². The predicted molar refractivity (Wildman–Crippen MR) is 73.9 cm³/mol. The van der Waals surface area contributed by atoms with E-state index in [4.69, 9.17) is 9.47 Å². The molecular formula is C16H16O3. The number of carbonyl (C=O) groups is 1. The lowest BCUT2D eigenvalue weighted by Crippen LogP contribution is -2.11. The zero-order chi connectivity index (χ0) is 13.8. The summed E-state index contributed by atoms with van der Waals surface area (Å²) in [7, 11) is 1.53. The van der Waals surface area contributed by atoms with Gasteiger partial charge < -0.3 is 9.47 Å². The highest BCUT2D eigenvalue weighted by Gasteiger charge is 2.15. The number of hydrogen-bond acceptors (Lipinski definition) is 3. The van der Waals surface area contributed by atoms with E-state index in [1.807, 2.05) is 32.0 Å². The molecule has 3 nitrogen and oxygen atoms in total. The predicted octanol–water partition coefficient (Wildman–Crippen LogP) is 3.53. The molecule has 0 aromatic heterocycles. The van der Waals surface area contributed by atoms with Gasteiger partial charge in [-0.15, -0.1) is 0 Å². The first-order valence-corrected chi connectivity index (χ1v) is 6.05. The van der Waals surface area contributed by atoms with Crippen molar-refractivity contribution < 1.29 is 14.3 Å². The molecule has 0 saturated heterocycles. The maximum atomic E-state index is 12.2. The number of esters is 1. The van der Waals surface area contributed by atoms with E-state index in [-0.39, 0.29) is 0 Å². The SMILES string of the molecule is COc1ccccc1C(=O)Oc1cccc(C)c1C. The second-order valence-electron chi connectivity index (χ2n) is 4.29. The fourth-order valence-corrected chi connectivity index (χ4v) is 1.80. The van der Waals surface area contributed by atoms with Crippen LogP contribution in [0.4, 0.5) is 0 Å². The summed E-state index contributed by atoms with van der Waals surface area (Å²) in [6, 6.07) is 12.7. The first kappa shape index (κ1) is 13.1. The Bertz CT molecular complexity index is 603. The van der Waals surface area contributed by atoms with Crippen molar-refractivity contribution in [2.45, 2.75) is 13.8 Å². The molecule has 0 radical (unpaired) electrons. The Morgan fingerprint density at radius 1 is 0.947 bits per heavy atom. The lowest BCUT2D eigenvalue weighted by Gasteiger charge is -2.11. The van der Waals surface area contributed by atoms with Crippen LogP contribution in [0.25, 0.3) is 0 Å². The Morgan fingerprint density at radius 3 is 2.37 bits per heavy atom. The van der Waals surface area contributed by atoms with Gasteiger partial charge >= 0.3 is 5.97 Å². The molecule has 98 valence electrons. The van der Waals surface area contributed by atoms with Crippen LogP contribution < -0.4 is 9.47 Å². The van der Waals surface area contributed by atoms with Crippen LogP contribution in [0.2, 0.25) is 0 Å². The molecule has 0 bridgehead atoms. The maximum Gasteiger partial charge on any atom is 0.347 e. The van der Waals surface area contributed by atoms with Gasteiger partial charge in [-0.05, 0) is 43.2 Å². The largest absolute Gasteiger partial charge is 0.496 e. The Kier molecular flexibility index (Phi) is 3.85. The van der Waals surface area contributed by atoms with Crippen LogP contribution in [0, 0.1) is 13.8 Å². The summed E-state index contributed by atoms with van der Waals surface area (Å²) in [6.07, 6.45) is 0. The van der Waals surface area contributed by atoms with Gasteiger partial charge in [-0.2, -0.15) is 0 Å². The third kappa shape index (κ3) is 2.76. The van der Waals surface area contributed by atoms with Gasteiger partial charge in [0.15, 0.2) is 0 Å². The Hall–Kier alpha value is -2.29. The second kappa shape index (κ2) is 5.57. The van der Waals surface area contributed by atoms with E-state index in [2.05, 4.69) is 0 Å². The molecule has 0 spiro atoms. The van der Waals surface area contributed by atoms with Gasteiger partial charge in [0.25, 0.3) is 0 Å². The van der Waals surface area contributed by atoms with Crippen molar-refractivity contribution in [3.8, 4) is 11.5 Å². The van der Waals surface area contributed by atoms with Crippen molar-refractivity contribution in [3.05, 3.63) is 59.2 Å². The first-order chi connectivity index (χ1) is 9.13. The molecule has 3 heteroatoms.